The van der Waals surface area contributed by atoms with Gasteiger partial charge in [0.2, 0.25) is 11.3 Å². The second kappa shape index (κ2) is 11.9. The van der Waals surface area contributed by atoms with Crippen LogP contribution in [0.4, 0.5) is 10.2 Å². The van der Waals surface area contributed by atoms with Crippen molar-refractivity contribution in [3.8, 4) is 0 Å². The Morgan fingerprint density at radius 3 is 2.62 bits per heavy atom. The number of hydrogen-bond acceptors (Lipinski definition) is 6. The van der Waals surface area contributed by atoms with Crippen LogP contribution in [0, 0.1) is 11.2 Å². The van der Waals surface area contributed by atoms with Crippen LogP contribution in [0.1, 0.15) is 67.6 Å². The lowest BCUT2D eigenvalue weighted by molar-refractivity contribution is -0.127. The Hall–Kier alpha value is -3.50. The number of hydrogen-bond donors (Lipinski definition) is 3. The Morgan fingerprint density at radius 1 is 1.25 bits per heavy atom. The number of nitrogens with zero attached hydrogens (tertiary/aromatic N) is 3. The number of benzene rings is 1. The standard InChI is InChI=1S/C29H34ClFN4O5/c1-29(2,3)22(16-36)35-15-20(28(39)40)25(38)19-14-18(13-17-7-4-8-21(30)24(17)31)26(33-27(19)35)32-10-6-12-34-11-5-9-23(34)37/h4,7-8,14-15,22,36H,5-6,9-13,16H2,1-3H3,(H,32,33)(H,39,40). The van der Waals surface area contributed by atoms with Crippen LogP contribution in [-0.2, 0) is 11.2 Å². The van der Waals surface area contributed by atoms with Crippen LogP contribution >= 0.6 is 11.6 Å². The molecule has 1 atom stereocenters. The minimum Gasteiger partial charge on any atom is -0.477 e. The summed E-state index contributed by atoms with van der Waals surface area (Å²) in [6.07, 6.45) is 3.32. The van der Waals surface area contributed by atoms with E-state index in [0.29, 0.717) is 37.3 Å². The number of carboxylic acid groups (broad SMARTS) is 1. The summed E-state index contributed by atoms with van der Waals surface area (Å²) in [4.78, 5) is 43.9. The van der Waals surface area contributed by atoms with Crippen molar-refractivity contribution in [2.24, 2.45) is 5.41 Å². The molecular formula is C29H34ClFN4O5. The number of halogens is 2. The molecule has 0 aliphatic carbocycles. The summed E-state index contributed by atoms with van der Waals surface area (Å²) in [6.45, 7) is 7.15. The van der Waals surface area contributed by atoms with E-state index in [0.717, 1.165) is 13.0 Å². The van der Waals surface area contributed by atoms with Gasteiger partial charge in [0.25, 0.3) is 0 Å². The first-order valence-electron chi connectivity index (χ1n) is 13.3. The highest BCUT2D eigenvalue weighted by Crippen LogP contribution is 2.33. The molecule has 3 N–H and O–H groups in total. The average Bonchev–Trinajstić information content (AvgIpc) is 3.30. The number of rotatable bonds is 10. The van der Waals surface area contributed by atoms with Crippen molar-refractivity contribution >= 4 is 40.3 Å². The zero-order valence-electron chi connectivity index (χ0n) is 22.8. The number of pyridine rings is 2. The lowest BCUT2D eigenvalue weighted by atomic mass is 9.86. The third kappa shape index (κ3) is 6.13. The van der Waals surface area contributed by atoms with E-state index in [9.17, 15) is 29.0 Å². The number of aromatic nitrogens is 2. The summed E-state index contributed by atoms with van der Waals surface area (Å²) in [5, 5.41) is 23.3. The van der Waals surface area contributed by atoms with Gasteiger partial charge >= 0.3 is 5.97 Å². The van der Waals surface area contributed by atoms with Crippen molar-refractivity contribution in [1.82, 2.24) is 14.5 Å². The van der Waals surface area contributed by atoms with E-state index in [1.165, 1.54) is 22.9 Å². The molecule has 1 aliphatic rings. The van der Waals surface area contributed by atoms with Crippen molar-refractivity contribution in [2.75, 3.05) is 31.6 Å². The van der Waals surface area contributed by atoms with Crippen LogP contribution in [0.3, 0.4) is 0 Å². The van der Waals surface area contributed by atoms with Crippen molar-refractivity contribution in [2.45, 2.75) is 52.5 Å². The Balaban J connectivity index is 1.84. The van der Waals surface area contributed by atoms with E-state index in [2.05, 4.69) is 5.32 Å². The molecule has 0 saturated carbocycles. The Kier molecular flexibility index (Phi) is 8.80. The molecule has 9 nitrogen and oxygen atoms in total. The minimum atomic E-state index is -1.40. The van der Waals surface area contributed by atoms with Gasteiger partial charge in [-0.25, -0.2) is 14.2 Å². The van der Waals surface area contributed by atoms with E-state index < -0.39 is 34.2 Å². The predicted molar refractivity (Wildman–Crippen MR) is 152 cm³/mol. The molecule has 1 amide bonds. The lowest BCUT2D eigenvalue weighted by Gasteiger charge is -2.32. The first-order chi connectivity index (χ1) is 18.9. The van der Waals surface area contributed by atoms with Crippen molar-refractivity contribution in [3.05, 3.63) is 68.2 Å². The van der Waals surface area contributed by atoms with Crippen LogP contribution < -0.4 is 10.7 Å². The highest BCUT2D eigenvalue weighted by molar-refractivity contribution is 6.30. The van der Waals surface area contributed by atoms with E-state index in [1.807, 2.05) is 25.7 Å². The quantitative estimate of drug-likeness (QED) is 0.306. The van der Waals surface area contributed by atoms with E-state index >= 15 is 0 Å². The van der Waals surface area contributed by atoms with Gasteiger partial charge in [-0.2, -0.15) is 0 Å². The maximum atomic E-state index is 14.9. The lowest BCUT2D eigenvalue weighted by Crippen LogP contribution is -2.31. The fourth-order valence-electron chi connectivity index (χ4n) is 5.08. The van der Waals surface area contributed by atoms with Gasteiger partial charge in [0.15, 0.2) is 0 Å². The average molecular weight is 573 g/mol. The number of fused-ring (bicyclic) bond motifs is 1. The molecule has 11 heteroatoms. The molecule has 0 radical (unpaired) electrons. The van der Waals surface area contributed by atoms with E-state index in [4.69, 9.17) is 16.6 Å². The normalized spacial score (nSPS) is 14.7. The predicted octanol–water partition coefficient (Wildman–Crippen LogP) is 4.48. The largest absolute Gasteiger partial charge is 0.477 e. The maximum absolute atomic E-state index is 14.9. The van der Waals surface area contributed by atoms with Crippen LogP contribution in [0.15, 0.2) is 35.3 Å². The Morgan fingerprint density at radius 2 is 2.00 bits per heavy atom. The van der Waals surface area contributed by atoms with Gasteiger partial charge in [0, 0.05) is 38.7 Å². The molecule has 2 aromatic heterocycles. The van der Waals surface area contributed by atoms with Crippen LogP contribution in [0.2, 0.25) is 5.02 Å². The number of aromatic carboxylic acids is 1. The molecular weight excluding hydrogens is 539 g/mol. The molecule has 214 valence electrons. The summed E-state index contributed by atoms with van der Waals surface area (Å²) in [5.74, 6) is -1.46. The molecule has 1 aliphatic heterocycles. The zero-order valence-corrected chi connectivity index (χ0v) is 23.6. The number of amides is 1. The summed E-state index contributed by atoms with van der Waals surface area (Å²) < 4.78 is 16.4. The third-order valence-electron chi connectivity index (χ3n) is 7.30. The summed E-state index contributed by atoms with van der Waals surface area (Å²) in [6, 6.07) is 5.60. The number of aliphatic hydroxyl groups excluding tert-OH is 1. The molecule has 0 bridgehead atoms. The molecule has 4 rings (SSSR count). The number of likely N-dealkylation sites (tertiary alicyclic amines) is 1. The molecule has 40 heavy (non-hydrogen) atoms. The Labute approximate surface area is 236 Å². The van der Waals surface area contributed by atoms with Gasteiger partial charge in [-0.15, -0.1) is 0 Å². The number of carbonyl (C=O) groups excluding carboxylic acids is 1. The highest BCUT2D eigenvalue weighted by Gasteiger charge is 2.29. The van der Waals surface area contributed by atoms with Gasteiger partial charge in [0.05, 0.1) is 23.1 Å². The zero-order chi connectivity index (χ0) is 29.2. The van der Waals surface area contributed by atoms with Crippen molar-refractivity contribution in [3.63, 3.8) is 0 Å². The fourth-order valence-corrected chi connectivity index (χ4v) is 5.27. The van der Waals surface area contributed by atoms with E-state index in [1.54, 1.807) is 12.1 Å². The first kappa shape index (κ1) is 29.5. The van der Waals surface area contributed by atoms with E-state index in [-0.39, 0.29) is 40.6 Å². The molecule has 3 aromatic rings. The minimum absolute atomic E-state index is 0.0393. The summed E-state index contributed by atoms with van der Waals surface area (Å²) in [5.41, 5.74) is -0.703. The molecule has 1 saturated heterocycles. The topological polar surface area (TPSA) is 125 Å². The second-order valence-electron chi connectivity index (χ2n) is 11.2. The van der Waals surface area contributed by atoms with Crippen molar-refractivity contribution < 1.29 is 24.2 Å². The first-order valence-corrected chi connectivity index (χ1v) is 13.7. The van der Waals surface area contributed by atoms with Crippen molar-refractivity contribution in [1.29, 1.82) is 0 Å². The highest BCUT2D eigenvalue weighted by atomic mass is 35.5. The van der Waals surface area contributed by atoms with Gasteiger partial charge in [-0.1, -0.05) is 44.5 Å². The van der Waals surface area contributed by atoms with Gasteiger partial charge in [-0.3, -0.25) is 9.59 Å². The summed E-state index contributed by atoms with van der Waals surface area (Å²) >= 11 is 6.01. The number of anilines is 1. The molecule has 3 heterocycles. The fraction of sp³-hybridized carbons (Fsp3) is 0.448. The smallest absolute Gasteiger partial charge is 0.341 e. The molecule has 0 spiro atoms. The van der Waals surface area contributed by atoms with Crippen LogP contribution in [0.25, 0.3) is 11.0 Å². The van der Waals surface area contributed by atoms with Gasteiger partial charge < -0.3 is 25.0 Å². The third-order valence-corrected chi connectivity index (χ3v) is 7.60. The number of aliphatic hydroxyl groups is 1. The molecule has 1 fully saturated rings. The SMILES string of the molecule is CC(C)(C)C(CO)n1cc(C(=O)O)c(=O)c2cc(Cc3cccc(Cl)c3F)c(NCCCN3CCCC3=O)nc21. The Bertz CT molecular complexity index is 1500. The summed E-state index contributed by atoms with van der Waals surface area (Å²) in [7, 11) is 0. The number of carbonyl (C=O) groups is 2. The molecule has 1 aromatic carbocycles. The van der Waals surface area contributed by atoms with Crippen LogP contribution in [0.5, 0.6) is 0 Å². The monoisotopic (exact) mass is 572 g/mol. The molecule has 1 unspecified atom stereocenters. The van der Waals surface area contributed by atoms with Gasteiger partial charge in [0.1, 0.15) is 22.8 Å². The number of carboxylic acids is 1. The second-order valence-corrected chi connectivity index (χ2v) is 11.6. The number of nitrogens with one attached hydrogen (secondary N) is 1. The maximum Gasteiger partial charge on any atom is 0.341 e. The van der Waals surface area contributed by atoms with Crippen LogP contribution in [-0.4, -0.2) is 62.8 Å². The van der Waals surface area contributed by atoms with Gasteiger partial charge in [-0.05, 0) is 41.5 Å².